The standard InChI is InChI=1S/C16H22N2O4/c1-5-17-12(20)8-18-15(21)14-9(2)13-10(19)6-16(3,4)7-11(13)22-14/h5-8H2,1-4H3,(H,17,20)(H,18,21). The van der Waals surface area contributed by atoms with E-state index in [2.05, 4.69) is 10.6 Å². The van der Waals surface area contributed by atoms with Gasteiger partial charge in [0.05, 0.1) is 12.1 Å². The Morgan fingerprint density at radius 3 is 2.55 bits per heavy atom. The molecule has 6 heteroatoms. The molecule has 1 aromatic rings. The number of fused-ring (bicyclic) bond motifs is 1. The van der Waals surface area contributed by atoms with Gasteiger partial charge in [-0.3, -0.25) is 14.4 Å². The molecule has 1 aliphatic carbocycles. The van der Waals surface area contributed by atoms with Gasteiger partial charge in [-0.05, 0) is 19.3 Å². The average Bonchev–Trinajstić information content (AvgIpc) is 2.72. The minimum Gasteiger partial charge on any atom is -0.455 e. The number of rotatable bonds is 4. The van der Waals surface area contributed by atoms with Gasteiger partial charge in [0, 0.05) is 24.9 Å². The monoisotopic (exact) mass is 306 g/mol. The first-order valence-corrected chi connectivity index (χ1v) is 7.45. The number of carbonyl (C=O) groups excluding carboxylic acids is 3. The lowest BCUT2D eigenvalue weighted by atomic mass is 9.76. The Hall–Kier alpha value is -2.11. The van der Waals surface area contributed by atoms with Gasteiger partial charge in [0.1, 0.15) is 5.76 Å². The highest BCUT2D eigenvalue weighted by atomic mass is 16.4. The summed E-state index contributed by atoms with van der Waals surface area (Å²) in [7, 11) is 0. The molecule has 120 valence electrons. The highest BCUT2D eigenvalue weighted by Crippen LogP contribution is 2.38. The zero-order chi connectivity index (χ0) is 16.5. The van der Waals surface area contributed by atoms with E-state index in [0.29, 0.717) is 36.3 Å². The maximum atomic E-state index is 12.3. The average molecular weight is 306 g/mol. The molecular weight excluding hydrogens is 284 g/mol. The summed E-state index contributed by atoms with van der Waals surface area (Å²) < 4.78 is 5.63. The van der Waals surface area contributed by atoms with Crippen LogP contribution in [0.15, 0.2) is 4.42 Å². The Kier molecular flexibility index (Phi) is 4.39. The third-order valence-electron chi connectivity index (χ3n) is 3.77. The maximum absolute atomic E-state index is 12.3. The predicted molar refractivity (Wildman–Crippen MR) is 80.9 cm³/mol. The van der Waals surface area contributed by atoms with Gasteiger partial charge >= 0.3 is 0 Å². The fraction of sp³-hybridized carbons (Fsp3) is 0.562. The number of nitrogens with one attached hydrogen (secondary N) is 2. The van der Waals surface area contributed by atoms with Crippen molar-refractivity contribution in [2.75, 3.05) is 13.1 Å². The molecule has 0 bridgehead atoms. The fourth-order valence-electron chi connectivity index (χ4n) is 2.80. The van der Waals surface area contributed by atoms with Crippen LogP contribution in [0.3, 0.4) is 0 Å². The highest BCUT2D eigenvalue weighted by Gasteiger charge is 2.37. The normalized spacial score (nSPS) is 16.1. The Morgan fingerprint density at radius 2 is 1.91 bits per heavy atom. The third kappa shape index (κ3) is 3.21. The van der Waals surface area contributed by atoms with Gasteiger partial charge in [-0.2, -0.15) is 0 Å². The predicted octanol–water partition coefficient (Wildman–Crippen LogP) is 1.61. The summed E-state index contributed by atoms with van der Waals surface area (Å²) in [5, 5.41) is 5.11. The van der Waals surface area contributed by atoms with Crippen LogP contribution in [0.1, 0.15) is 59.4 Å². The van der Waals surface area contributed by atoms with E-state index in [-0.39, 0.29) is 29.4 Å². The van der Waals surface area contributed by atoms with Gasteiger partial charge in [-0.15, -0.1) is 0 Å². The lowest BCUT2D eigenvalue weighted by Crippen LogP contribution is -2.36. The summed E-state index contributed by atoms with van der Waals surface area (Å²) in [5.41, 5.74) is 0.926. The second-order valence-corrected chi connectivity index (χ2v) is 6.43. The minimum atomic E-state index is -0.469. The summed E-state index contributed by atoms with van der Waals surface area (Å²) in [6.07, 6.45) is 1.07. The Bertz CT molecular complexity index is 628. The van der Waals surface area contributed by atoms with E-state index >= 15 is 0 Å². The molecule has 1 aliphatic rings. The van der Waals surface area contributed by atoms with E-state index in [1.54, 1.807) is 13.8 Å². The topological polar surface area (TPSA) is 88.4 Å². The number of furan rings is 1. The quantitative estimate of drug-likeness (QED) is 0.884. The van der Waals surface area contributed by atoms with Crippen LogP contribution in [-0.2, 0) is 11.2 Å². The van der Waals surface area contributed by atoms with Crippen LogP contribution in [0.4, 0.5) is 0 Å². The van der Waals surface area contributed by atoms with Crippen molar-refractivity contribution in [3.05, 3.63) is 22.6 Å². The van der Waals surface area contributed by atoms with Crippen molar-refractivity contribution in [2.45, 2.75) is 40.5 Å². The molecule has 0 unspecified atom stereocenters. The van der Waals surface area contributed by atoms with E-state index in [4.69, 9.17) is 4.42 Å². The van der Waals surface area contributed by atoms with Gasteiger partial charge in [0.2, 0.25) is 5.91 Å². The Labute approximate surface area is 129 Å². The highest BCUT2D eigenvalue weighted by molar-refractivity contribution is 6.04. The third-order valence-corrected chi connectivity index (χ3v) is 3.77. The van der Waals surface area contributed by atoms with Crippen LogP contribution in [0.25, 0.3) is 0 Å². The van der Waals surface area contributed by atoms with Crippen molar-refractivity contribution in [1.29, 1.82) is 0 Å². The Balaban J connectivity index is 2.18. The number of amides is 2. The van der Waals surface area contributed by atoms with E-state index in [1.165, 1.54) is 0 Å². The SMILES string of the molecule is CCNC(=O)CNC(=O)c1oc2c(c1C)C(=O)CC(C)(C)C2. The molecule has 0 saturated carbocycles. The molecule has 2 rings (SSSR count). The zero-order valence-electron chi connectivity index (χ0n) is 13.5. The molecule has 0 saturated heterocycles. The fourth-order valence-corrected chi connectivity index (χ4v) is 2.80. The van der Waals surface area contributed by atoms with Crippen molar-refractivity contribution in [3.63, 3.8) is 0 Å². The summed E-state index contributed by atoms with van der Waals surface area (Å²) in [6.45, 7) is 7.90. The van der Waals surface area contributed by atoms with Gasteiger partial charge in [0.25, 0.3) is 5.91 Å². The minimum absolute atomic E-state index is 0.00951. The van der Waals surface area contributed by atoms with E-state index < -0.39 is 5.91 Å². The van der Waals surface area contributed by atoms with Gasteiger partial charge < -0.3 is 15.1 Å². The van der Waals surface area contributed by atoms with E-state index in [0.717, 1.165) is 0 Å². The molecule has 0 fully saturated rings. The van der Waals surface area contributed by atoms with Crippen molar-refractivity contribution in [1.82, 2.24) is 10.6 Å². The molecule has 0 aromatic carbocycles. The van der Waals surface area contributed by atoms with Crippen LogP contribution in [0.5, 0.6) is 0 Å². The van der Waals surface area contributed by atoms with Crippen LogP contribution >= 0.6 is 0 Å². The first-order valence-electron chi connectivity index (χ1n) is 7.45. The van der Waals surface area contributed by atoms with Crippen LogP contribution in [-0.4, -0.2) is 30.7 Å². The molecular formula is C16H22N2O4. The van der Waals surface area contributed by atoms with Crippen molar-refractivity contribution < 1.29 is 18.8 Å². The second kappa shape index (κ2) is 5.94. The number of hydrogen-bond donors (Lipinski definition) is 2. The molecule has 0 atom stereocenters. The summed E-state index contributed by atoms with van der Waals surface area (Å²) in [6, 6.07) is 0. The smallest absolute Gasteiger partial charge is 0.287 e. The summed E-state index contributed by atoms with van der Waals surface area (Å²) in [5.74, 6) is -0.0247. The van der Waals surface area contributed by atoms with Crippen molar-refractivity contribution in [3.8, 4) is 0 Å². The zero-order valence-corrected chi connectivity index (χ0v) is 13.5. The summed E-state index contributed by atoms with van der Waals surface area (Å²) >= 11 is 0. The van der Waals surface area contributed by atoms with Crippen LogP contribution in [0.2, 0.25) is 0 Å². The number of likely N-dealkylation sites (N-methyl/N-ethyl adjacent to an activating group) is 1. The number of ketones is 1. The molecule has 6 nitrogen and oxygen atoms in total. The van der Waals surface area contributed by atoms with Gasteiger partial charge in [-0.1, -0.05) is 13.8 Å². The molecule has 1 aromatic heterocycles. The first-order chi connectivity index (χ1) is 10.2. The molecule has 1 heterocycles. The number of carbonyl (C=O) groups is 3. The van der Waals surface area contributed by atoms with E-state index in [1.807, 2.05) is 13.8 Å². The molecule has 0 aliphatic heterocycles. The second-order valence-electron chi connectivity index (χ2n) is 6.43. The van der Waals surface area contributed by atoms with Gasteiger partial charge in [-0.25, -0.2) is 0 Å². The van der Waals surface area contributed by atoms with Crippen LogP contribution in [0, 0.1) is 12.3 Å². The number of hydrogen-bond acceptors (Lipinski definition) is 4. The van der Waals surface area contributed by atoms with E-state index in [9.17, 15) is 14.4 Å². The molecule has 0 radical (unpaired) electrons. The maximum Gasteiger partial charge on any atom is 0.287 e. The largest absolute Gasteiger partial charge is 0.455 e. The molecule has 2 N–H and O–H groups in total. The van der Waals surface area contributed by atoms with Crippen LogP contribution < -0.4 is 10.6 Å². The first kappa shape index (κ1) is 16.3. The lowest BCUT2D eigenvalue weighted by Gasteiger charge is -2.27. The lowest BCUT2D eigenvalue weighted by molar-refractivity contribution is -0.120. The molecule has 2 amide bonds. The molecule has 0 spiro atoms. The van der Waals surface area contributed by atoms with Gasteiger partial charge in [0.15, 0.2) is 11.5 Å². The van der Waals surface area contributed by atoms with Crippen molar-refractivity contribution in [2.24, 2.45) is 5.41 Å². The Morgan fingerprint density at radius 1 is 1.23 bits per heavy atom. The van der Waals surface area contributed by atoms with Crippen molar-refractivity contribution >= 4 is 17.6 Å². The number of Topliss-reactive ketones (excluding diaryl/α,β-unsaturated/α-hetero) is 1. The molecule has 22 heavy (non-hydrogen) atoms. The summed E-state index contributed by atoms with van der Waals surface area (Å²) in [4.78, 5) is 35.8.